The molecular weight excluding hydrogens is 330 g/mol. The molecule has 7 heteroatoms. The minimum absolute atomic E-state index is 0.00698. The summed E-state index contributed by atoms with van der Waals surface area (Å²) in [6.45, 7) is 3.37. The molecule has 0 radical (unpaired) electrons. The Labute approximate surface area is 146 Å². The third kappa shape index (κ3) is 4.34. The van der Waals surface area contributed by atoms with Crippen molar-refractivity contribution in [3.05, 3.63) is 35.4 Å². The molecule has 5 nitrogen and oxygen atoms in total. The predicted octanol–water partition coefficient (Wildman–Crippen LogP) is 1.56. The molecule has 2 aliphatic heterocycles. The van der Waals surface area contributed by atoms with Gasteiger partial charge in [-0.25, -0.2) is 8.78 Å². The van der Waals surface area contributed by atoms with Crippen molar-refractivity contribution in [3.63, 3.8) is 0 Å². The van der Waals surface area contributed by atoms with E-state index in [9.17, 15) is 13.6 Å². The van der Waals surface area contributed by atoms with Crippen LogP contribution in [0.5, 0.6) is 0 Å². The summed E-state index contributed by atoms with van der Waals surface area (Å²) in [5, 5.41) is 2.91. The highest BCUT2D eigenvalue weighted by Gasteiger charge is 2.43. The van der Waals surface area contributed by atoms with Gasteiger partial charge in [-0.15, -0.1) is 0 Å². The van der Waals surface area contributed by atoms with Gasteiger partial charge in [-0.1, -0.05) is 6.07 Å². The molecule has 0 aliphatic carbocycles. The number of nitrogens with one attached hydrogen (secondary N) is 1. The fourth-order valence-electron chi connectivity index (χ4n) is 3.77. The highest BCUT2D eigenvalue weighted by Crippen LogP contribution is 2.34. The Morgan fingerprint density at radius 3 is 2.96 bits per heavy atom. The van der Waals surface area contributed by atoms with Gasteiger partial charge in [-0.2, -0.15) is 0 Å². The van der Waals surface area contributed by atoms with Crippen LogP contribution in [-0.2, 0) is 20.8 Å². The number of ether oxygens (including phenoxy) is 2. The molecule has 1 amide bonds. The summed E-state index contributed by atoms with van der Waals surface area (Å²) in [5.41, 5.74) is 0.689. The predicted molar refractivity (Wildman–Crippen MR) is 87.9 cm³/mol. The third-order valence-electron chi connectivity index (χ3n) is 5.00. The standard InChI is InChI=1S/C18H24F2N2O3/c1-24-7-5-21-18(23)14-10-22(11-17-13(14)4-6-25-17)9-12-2-3-15(19)16(20)8-12/h2-3,8,13-14,17H,4-7,9-11H2,1H3,(H,21,23)/t13-,14-,17+/m0/s1. The van der Waals surface area contributed by atoms with Crippen molar-refractivity contribution in [1.82, 2.24) is 10.2 Å². The van der Waals surface area contributed by atoms with Gasteiger partial charge >= 0.3 is 0 Å². The van der Waals surface area contributed by atoms with Crippen molar-refractivity contribution >= 4 is 5.91 Å². The van der Waals surface area contributed by atoms with Crippen LogP contribution in [0, 0.1) is 23.5 Å². The zero-order valence-corrected chi connectivity index (χ0v) is 14.3. The van der Waals surface area contributed by atoms with E-state index in [1.54, 1.807) is 13.2 Å². The Balaban J connectivity index is 1.66. The average Bonchev–Trinajstić information content (AvgIpc) is 3.06. The largest absolute Gasteiger partial charge is 0.383 e. The quantitative estimate of drug-likeness (QED) is 0.788. The number of carbonyl (C=O) groups is 1. The first-order chi connectivity index (χ1) is 12.1. The second-order valence-corrected chi connectivity index (χ2v) is 6.69. The molecule has 3 atom stereocenters. The van der Waals surface area contributed by atoms with E-state index in [0.717, 1.165) is 12.5 Å². The van der Waals surface area contributed by atoms with E-state index in [1.807, 2.05) is 0 Å². The van der Waals surface area contributed by atoms with E-state index in [-0.39, 0.29) is 23.8 Å². The summed E-state index contributed by atoms with van der Waals surface area (Å²) in [5.74, 6) is -1.64. The van der Waals surface area contributed by atoms with Crippen molar-refractivity contribution < 1.29 is 23.0 Å². The van der Waals surface area contributed by atoms with Crippen LogP contribution in [0.2, 0.25) is 0 Å². The van der Waals surface area contributed by atoms with Crippen molar-refractivity contribution in [2.24, 2.45) is 11.8 Å². The average molecular weight is 354 g/mol. The second-order valence-electron chi connectivity index (χ2n) is 6.69. The SMILES string of the molecule is COCCNC(=O)[C@H]1CN(Cc2ccc(F)c(F)c2)C[C@H]2OCC[C@@H]12. The number of methoxy groups -OCH3 is 1. The van der Waals surface area contributed by atoms with E-state index in [2.05, 4.69) is 10.2 Å². The third-order valence-corrected chi connectivity index (χ3v) is 5.00. The maximum absolute atomic E-state index is 13.4. The number of hydrogen-bond donors (Lipinski definition) is 1. The number of rotatable bonds is 6. The van der Waals surface area contributed by atoms with Gasteiger partial charge in [0.2, 0.25) is 5.91 Å². The highest BCUT2D eigenvalue weighted by molar-refractivity contribution is 5.79. The van der Waals surface area contributed by atoms with Gasteiger partial charge in [0.25, 0.3) is 0 Å². The number of nitrogens with zero attached hydrogens (tertiary/aromatic N) is 1. The van der Waals surface area contributed by atoms with Gasteiger partial charge in [0.15, 0.2) is 11.6 Å². The van der Waals surface area contributed by atoms with Crippen LogP contribution in [0.1, 0.15) is 12.0 Å². The first-order valence-electron chi connectivity index (χ1n) is 8.63. The van der Waals surface area contributed by atoms with Gasteiger partial charge in [0.1, 0.15) is 0 Å². The number of carbonyl (C=O) groups excluding carboxylic acids is 1. The van der Waals surface area contributed by atoms with Crippen LogP contribution in [-0.4, -0.2) is 56.9 Å². The molecule has 0 unspecified atom stereocenters. The van der Waals surface area contributed by atoms with Crippen LogP contribution in [0.3, 0.4) is 0 Å². The van der Waals surface area contributed by atoms with E-state index in [0.29, 0.717) is 45.0 Å². The lowest BCUT2D eigenvalue weighted by Crippen LogP contribution is -2.52. The van der Waals surface area contributed by atoms with Gasteiger partial charge in [-0.05, 0) is 24.1 Å². The van der Waals surface area contributed by atoms with Gasteiger partial charge in [0.05, 0.1) is 18.6 Å². The maximum Gasteiger partial charge on any atom is 0.224 e. The summed E-state index contributed by atoms with van der Waals surface area (Å²) < 4.78 is 37.3. The molecule has 1 aromatic carbocycles. The summed E-state index contributed by atoms with van der Waals surface area (Å²) in [7, 11) is 1.59. The van der Waals surface area contributed by atoms with Crippen LogP contribution < -0.4 is 5.32 Å². The Kier molecular flexibility index (Phi) is 5.98. The summed E-state index contributed by atoms with van der Waals surface area (Å²) >= 11 is 0. The second kappa shape index (κ2) is 8.21. The number of amides is 1. The van der Waals surface area contributed by atoms with Gasteiger partial charge in [-0.3, -0.25) is 9.69 Å². The Morgan fingerprint density at radius 2 is 2.20 bits per heavy atom. The number of likely N-dealkylation sites (tertiary alicyclic amines) is 1. The smallest absolute Gasteiger partial charge is 0.224 e. The van der Waals surface area contributed by atoms with Gasteiger partial charge < -0.3 is 14.8 Å². The van der Waals surface area contributed by atoms with E-state index >= 15 is 0 Å². The normalized spacial score (nSPS) is 26.4. The number of piperidine rings is 1. The fourth-order valence-corrected chi connectivity index (χ4v) is 3.77. The molecule has 25 heavy (non-hydrogen) atoms. The molecule has 0 saturated carbocycles. The van der Waals surface area contributed by atoms with Crippen molar-refractivity contribution in [3.8, 4) is 0 Å². The molecule has 2 saturated heterocycles. The zero-order valence-electron chi connectivity index (χ0n) is 14.3. The molecule has 0 bridgehead atoms. The van der Waals surface area contributed by atoms with Crippen molar-refractivity contribution in [2.75, 3.05) is 40.0 Å². The molecule has 2 heterocycles. The topological polar surface area (TPSA) is 50.8 Å². The molecule has 1 N–H and O–H groups in total. The lowest BCUT2D eigenvalue weighted by atomic mass is 9.82. The van der Waals surface area contributed by atoms with Crippen LogP contribution in [0.25, 0.3) is 0 Å². The molecule has 2 fully saturated rings. The summed E-state index contributed by atoms with van der Waals surface area (Å²) in [4.78, 5) is 14.6. The summed E-state index contributed by atoms with van der Waals surface area (Å²) in [6, 6.07) is 3.93. The fraction of sp³-hybridized carbons (Fsp3) is 0.611. The van der Waals surface area contributed by atoms with Crippen LogP contribution in [0.4, 0.5) is 8.78 Å². The first kappa shape index (κ1) is 18.2. The molecular formula is C18H24F2N2O3. The maximum atomic E-state index is 13.4. The minimum Gasteiger partial charge on any atom is -0.383 e. The van der Waals surface area contributed by atoms with Crippen molar-refractivity contribution in [2.45, 2.75) is 19.1 Å². The highest BCUT2D eigenvalue weighted by atomic mass is 19.2. The Hall–Kier alpha value is -1.57. The lowest BCUT2D eigenvalue weighted by Gasteiger charge is -2.39. The first-order valence-corrected chi connectivity index (χ1v) is 8.63. The molecule has 3 rings (SSSR count). The summed E-state index contributed by atoms with van der Waals surface area (Å²) in [6.07, 6.45) is 0.892. The lowest BCUT2D eigenvalue weighted by molar-refractivity contribution is -0.131. The molecule has 0 aromatic heterocycles. The number of halogens is 2. The zero-order chi connectivity index (χ0) is 17.8. The Morgan fingerprint density at radius 1 is 1.36 bits per heavy atom. The number of benzene rings is 1. The van der Waals surface area contributed by atoms with E-state index < -0.39 is 11.6 Å². The van der Waals surface area contributed by atoms with Crippen molar-refractivity contribution in [1.29, 1.82) is 0 Å². The van der Waals surface area contributed by atoms with Crippen LogP contribution >= 0.6 is 0 Å². The van der Waals surface area contributed by atoms with Crippen LogP contribution in [0.15, 0.2) is 18.2 Å². The van der Waals surface area contributed by atoms with Gasteiger partial charge in [0, 0.05) is 45.8 Å². The Bertz CT molecular complexity index is 614. The molecule has 1 aromatic rings. The van der Waals surface area contributed by atoms with E-state index in [1.165, 1.54) is 6.07 Å². The monoisotopic (exact) mass is 354 g/mol. The minimum atomic E-state index is -0.850. The molecule has 138 valence electrons. The number of hydrogen-bond acceptors (Lipinski definition) is 4. The molecule has 0 spiro atoms. The van der Waals surface area contributed by atoms with E-state index in [4.69, 9.17) is 9.47 Å². The molecule has 2 aliphatic rings. The number of fused-ring (bicyclic) bond motifs is 1.